The summed E-state index contributed by atoms with van der Waals surface area (Å²) in [5.41, 5.74) is 3.36. The highest BCUT2D eigenvalue weighted by Crippen LogP contribution is 2.22. The number of carbonyl (C=O) groups excluding carboxylic acids is 2. The third-order valence-corrected chi connectivity index (χ3v) is 5.74. The van der Waals surface area contributed by atoms with Crippen molar-refractivity contribution in [3.05, 3.63) is 119 Å². The first-order chi connectivity index (χ1) is 17.5. The standard InChI is InChI=1S/C29H27FN2O4/c1-35-26-14-8-21(9-15-26)16-17-31-28(33)19-22-6-12-25(13-7-22)32(29(34)27-3-2-18-36-27)20-23-4-10-24(30)11-5-23/h2-15,18H,16-17,19-20H2,1H3,(H,31,33). The summed E-state index contributed by atoms with van der Waals surface area (Å²) in [6.45, 7) is 0.775. The molecular formula is C29H27FN2O4. The van der Waals surface area contributed by atoms with E-state index in [2.05, 4.69) is 5.32 Å². The highest BCUT2D eigenvalue weighted by Gasteiger charge is 2.20. The van der Waals surface area contributed by atoms with Crippen molar-refractivity contribution < 1.29 is 23.1 Å². The van der Waals surface area contributed by atoms with Gasteiger partial charge in [-0.1, -0.05) is 36.4 Å². The Kier molecular flexibility index (Phi) is 8.13. The van der Waals surface area contributed by atoms with Crippen LogP contribution in [0.4, 0.5) is 10.1 Å². The lowest BCUT2D eigenvalue weighted by molar-refractivity contribution is -0.120. The lowest BCUT2D eigenvalue weighted by atomic mass is 10.1. The Morgan fingerprint density at radius 1 is 0.889 bits per heavy atom. The van der Waals surface area contributed by atoms with Gasteiger partial charge in [-0.2, -0.15) is 0 Å². The molecule has 4 aromatic rings. The van der Waals surface area contributed by atoms with Gasteiger partial charge in [-0.25, -0.2) is 4.39 Å². The summed E-state index contributed by atoms with van der Waals surface area (Å²) in [6, 6.07) is 24.3. The second kappa shape index (κ2) is 11.8. The number of benzene rings is 3. The van der Waals surface area contributed by atoms with Gasteiger partial charge in [0, 0.05) is 12.2 Å². The maximum atomic E-state index is 13.3. The maximum Gasteiger partial charge on any atom is 0.294 e. The molecule has 0 aliphatic rings. The van der Waals surface area contributed by atoms with Crippen LogP contribution in [0.25, 0.3) is 0 Å². The van der Waals surface area contributed by atoms with Crippen LogP contribution in [0.2, 0.25) is 0 Å². The molecule has 1 aromatic heterocycles. The molecule has 184 valence electrons. The quantitative estimate of drug-likeness (QED) is 0.336. The van der Waals surface area contributed by atoms with Crippen molar-refractivity contribution in [2.45, 2.75) is 19.4 Å². The highest BCUT2D eigenvalue weighted by atomic mass is 19.1. The SMILES string of the molecule is COc1ccc(CCNC(=O)Cc2ccc(N(Cc3ccc(F)cc3)C(=O)c3ccco3)cc2)cc1. The van der Waals surface area contributed by atoms with Crippen LogP contribution in [0.5, 0.6) is 5.75 Å². The monoisotopic (exact) mass is 486 g/mol. The molecule has 0 spiro atoms. The van der Waals surface area contributed by atoms with E-state index in [0.29, 0.717) is 12.2 Å². The van der Waals surface area contributed by atoms with E-state index in [1.807, 2.05) is 36.4 Å². The third kappa shape index (κ3) is 6.60. The molecule has 0 atom stereocenters. The molecule has 7 heteroatoms. The number of nitrogens with one attached hydrogen (secondary N) is 1. The summed E-state index contributed by atoms with van der Waals surface area (Å²) >= 11 is 0. The minimum atomic E-state index is -0.339. The van der Waals surface area contributed by atoms with E-state index in [0.717, 1.165) is 28.9 Å². The lowest BCUT2D eigenvalue weighted by Gasteiger charge is -2.22. The first-order valence-corrected chi connectivity index (χ1v) is 11.6. The van der Waals surface area contributed by atoms with E-state index in [1.54, 1.807) is 48.4 Å². The molecule has 0 fully saturated rings. The number of methoxy groups -OCH3 is 1. The predicted molar refractivity (Wildman–Crippen MR) is 135 cm³/mol. The van der Waals surface area contributed by atoms with Crippen LogP contribution in [0.3, 0.4) is 0 Å². The molecular weight excluding hydrogens is 459 g/mol. The van der Waals surface area contributed by atoms with Crippen LogP contribution in [0.1, 0.15) is 27.2 Å². The highest BCUT2D eigenvalue weighted by molar-refractivity contribution is 6.04. The molecule has 3 aromatic carbocycles. The molecule has 36 heavy (non-hydrogen) atoms. The first kappa shape index (κ1) is 24.7. The minimum absolute atomic E-state index is 0.0777. The van der Waals surface area contributed by atoms with Gasteiger partial charge in [-0.15, -0.1) is 0 Å². The fourth-order valence-corrected chi connectivity index (χ4v) is 3.77. The second-order valence-corrected chi connectivity index (χ2v) is 8.29. The summed E-state index contributed by atoms with van der Waals surface area (Å²) in [4.78, 5) is 27.1. The topological polar surface area (TPSA) is 71.8 Å². The van der Waals surface area contributed by atoms with Crippen LogP contribution in [-0.2, 0) is 24.2 Å². The molecule has 0 aliphatic carbocycles. The molecule has 0 saturated carbocycles. The number of halogens is 1. The summed E-state index contributed by atoms with van der Waals surface area (Å²) < 4.78 is 23.8. The Bertz CT molecular complexity index is 1270. The summed E-state index contributed by atoms with van der Waals surface area (Å²) in [5, 5.41) is 2.94. The number of furan rings is 1. The molecule has 0 saturated heterocycles. The first-order valence-electron chi connectivity index (χ1n) is 11.6. The minimum Gasteiger partial charge on any atom is -0.497 e. The van der Waals surface area contributed by atoms with E-state index >= 15 is 0 Å². The number of carbonyl (C=O) groups is 2. The molecule has 0 aliphatic heterocycles. The fraction of sp³-hybridized carbons (Fsp3) is 0.172. The number of ether oxygens (including phenoxy) is 1. The average Bonchev–Trinajstić information content (AvgIpc) is 3.44. The zero-order chi connectivity index (χ0) is 25.3. The van der Waals surface area contributed by atoms with Crippen molar-refractivity contribution >= 4 is 17.5 Å². The summed E-state index contributed by atoms with van der Waals surface area (Å²) in [7, 11) is 1.63. The van der Waals surface area contributed by atoms with Gasteiger partial charge >= 0.3 is 0 Å². The average molecular weight is 487 g/mol. The van der Waals surface area contributed by atoms with Gasteiger partial charge in [0.15, 0.2) is 5.76 Å². The molecule has 2 amide bonds. The van der Waals surface area contributed by atoms with E-state index in [4.69, 9.17) is 9.15 Å². The smallest absolute Gasteiger partial charge is 0.294 e. The van der Waals surface area contributed by atoms with Gasteiger partial charge in [0.2, 0.25) is 5.91 Å². The molecule has 1 heterocycles. The van der Waals surface area contributed by atoms with Gasteiger partial charge < -0.3 is 19.4 Å². The molecule has 0 bridgehead atoms. The van der Waals surface area contributed by atoms with Gasteiger partial charge in [-0.3, -0.25) is 9.59 Å². The van der Waals surface area contributed by atoms with Crippen molar-refractivity contribution in [1.29, 1.82) is 0 Å². The Morgan fingerprint density at radius 2 is 1.56 bits per heavy atom. The van der Waals surface area contributed by atoms with Crippen molar-refractivity contribution in [2.75, 3.05) is 18.6 Å². The number of amides is 2. The molecule has 4 rings (SSSR count). The van der Waals surface area contributed by atoms with E-state index in [-0.39, 0.29) is 36.4 Å². The van der Waals surface area contributed by atoms with Crippen LogP contribution in [0, 0.1) is 5.82 Å². The van der Waals surface area contributed by atoms with Crippen LogP contribution in [0.15, 0.2) is 95.6 Å². The molecule has 6 nitrogen and oxygen atoms in total. The van der Waals surface area contributed by atoms with E-state index in [9.17, 15) is 14.0 Å². The number of rotatable bonds is 10. The Morgan fingerprint density at radius 3 is 2.19 bits per heavy atom. The zero-order valence-corrected chi connectivity index (χ0v) is 19.9. The fourth-order valence-electron chi connectivity index (χ4n) is 3.77. The Hall–Kier alpha value is -4.39. The Labute approximate surface area is 209 Å². The lowest BCUT2D eigenvalue weighted by Crippen LogP contribution is -2.30. The Balaban J connectivity index is 1.38. The molecule has 0 radical (unpaired) electrons. The number of nitrogens with zero attached hydrogens (tertiary/aromatic N) is 1. The summed E-state index contributed by atoms with van der Waals surface area (Å²) in [6.07, 6.45) is 2.40. The predicted octanol–water partition coefficient (Wildman–Crippen LogP) is 5.18. The number of anilines is 1. The van der Waals surface area contributed by atoms with Gasteiger partial charge in [0.1, 0.15) is 11.6 Å². The normalized spacial score (nSPS) is 10.6. The second-order valence-electron chi connectivity index (χ2n) is 8.29. The van der Waals surface area contributed by atoms with Gasteiger partial charge in [0.25, 0.3) is 5.91 Å². The van der Waals surface area contributed by atoms with Crippen molar-refractivity contribution in [3.8, 4) is 5.75 Å². The van der Waals surface area contributed by atoms with Crippen molar-refractivity contribution in [2.24, 2.45) is 0 Å². The van der Waals surface area contributed by atoms with Crippen molar-refractivity contribution in [3.63, 3.8) is 0 Å². The van der Waals surface area contributed by atoms with Crippen LogP contribution in [-0.4, -0.2) is 25.5 Å². The van der Waals surface area contributed by atoms with Gasteiger partial charge in [-0.05, 0) is 71.6 Å². The maximum absolute atomic E-state index is 13.3. The zero-order valence-electron chi connectivity index (χ0n) is 19.9. The van der Waals surface area contributed by atoms with E-state index in [1.165, 1.54) is 18.4 Å². The van der Waals surface area contributed by atoms with Crippen LogP contribution >= 0.6 is 0 Å². The number of hydrogen-bond donors (Lipinski definition) is 1. The molecule has 1 N–H and O–H groups in total. The van der Waals surface area contributed by atoms with Crippen LogP contribution < -0.4 is 15.0 Å². The molecule has 0 unspecified atom stereocenters. The van der Waals surface area contributed by atoms with Crippen molar-refractivity contribution in [1.82, 2.24) is 5.32 Å². The number of hydrogen-bond acceptors (Lipinski definition) is 4. The third-order valence-electron chi connectivity index (χ3n) is 5.74. The summed E-state index contributed by atoms with van der Waals surface area (Å²) in [5.74, 6) is 0.277. The van der Waals surface area contributed by atoms with E-state index < -0.39 is 0 Å². The largest absolute Gasteiger partial charge is 0.497 e. The van der Waals surface area contributed by atoms with Gasteiger partial charge in [0.05, 0.1) is 26.3 Å².